The standard InChI is InChI=1S/C19H20ClF2N3O2S/c1-2-5-17(26)24-12-8-9-13(20)15(10-12)23-11-18(27)25-14-6-3-4-7-16(14)28-19(21)22/h3-4,6-10,19,23H,2,5,11H2,1H3,(H,24,26)(H,25,27). The molecule has 0 aliphatic carbocycles. The minimum atomic E-state index is -2.58. The lowest BCUT2D eigenvalue weighted by Crippen LogP contribution is -2.22. The zero-order chi connectivity index (χ0) is 20.5. The van der Waals surface area contributed by atoms with Crippen LogP contribution < -0.4 is 16.0 Å². The topological polar surface area (TPSA) is 70.2 Å². The van der Waals surface area contributed by atoms with E-state index in [2.05, 4.69) is 16.0 Å². The molecular formula is C19H20ClF2N3O2S. The predicted octanol–water partition coefficient (Wildman–Crippen LogP) is 5.44. The molecule has 0 saturated heterocycles. The first-order valence-corrected chi connectivity index (χ1v) is 9.81. The zero-order valence-electron chi connectivity index (χ0n) is 15.1. The number of carbonyl (C=O) groups is 2. The van der Waals surface area contributed by atoms with Crippen molar-refractivity contribution in [1.82, 2.24) is 0 Å². The molecule has 150 valence electrons. The normalized spacial score (nSPS) is 10.6. The van der Waals surface area contributed by atoms with Gasteiger partial charge in [0.25, 0.3) is 5.76 Å². The van der Waals surface area contributed by atoms with Crippen LogP contribution >= 0.6 is 23.4 Å². The van der Waals surface area contributed by atoms with Crippen molar-refractivity contribution >= 4 is 52.2 Å². The Hall–Kier alpha value is -2.32. The summed E-state index contributed by atoms with van der Waals surface area (Å²) in [4.78, 5) is 24.2. The number of para-hydroxylation sites is 1. The molecule has 0 heterocycles. The van der Waals surface area contributed by atoms with Crippen LogP contribution in [-0.2, 0) is 9.59 Å². The van der Waals surface area contributed by atoms with Crippen LogP contribution in [0, 0.1) is 0 Å². The third-order valence-corrected chi connectivity index (χ3v) is 4.66. The van der Waals surface area contributed by atoms with Gasteiger partial charge in [-0.2, -0.15) is 8.78 Å². The van der Waals surface area contributed by atoms with E-state index in [1.807, 2.05) is 6.92 Å². The number of benzene rings is 2. The Kier molecular flexibility index (Phi) is 8.53. The lowest BCUT2D eigenvalue weighted by atomic mass is 10.2. The molecule has 0 aliphatic rings. The number of rotatable bonds is 9. The number of hydrogen-bond donors (Lipinski definition) is 3. The molecule has 0 radical (unpaired) electrons. The van der Waals surface area contributed by atoms with Gasteiger partial charge in [0.05, 0.1) is 22.9 Å². The van der Waals surface area contributed by atoms with Crippen LogP contribution in [0.2, 0.25) is 5.02 Å². The second-order valence-corrected chi connectivity index (χ2v) is 7.21. The molecule has 2 aromatic carbocycles. The second-order valence-electron chi connectivity index (χ2n) is 5.77. The van der Waals surface area contributed by atoms with Gasteiger partial charge in [-0.25, -0.2) is 0 Å². The molecule has 0 aromatic heterocycles. The van der Waals surface area contributed by atoms with Crippen molar-refractivity contribution in [1.29, 1.82) is 0 Å². The first kappa shape index (κ1) is 22.0. The van der Waals surface area contributed by atoms with Crippen molar-refractivity contribution in [2.45, 2.75) is 30.4 Å². The Morgan fingerprint density at radius 1 is 1.07 bits per heavy atom. The minimum absolute atomic E-state index is 0.110. The van der Waals surface area contributed by atoms with Crippen molar-refractivity contribution < 1.29 is 18.4 Å². The molecule has 9 heteroatoms. The molecule has 0 aliphatic heterocycles. The number of amides is 2. The van der Waals surface area contributed by atoms with Crippen LogP contribution in [0.15, 0.2) is 47.4 Å². The maximum atomic E-state index is 12.6. The lowest BCUT2D eigenvalue weighted by Gasteiger charge is -2.13. The Labute approximate surface area is 171 Å². The molecular weight excluding hydrogens is 408 g/mol. The molecule has 3 N–H and O–H groups in total. The number of nitrogens with one attached hydrogen (secondary N) is 3. The second kappa shape index (κ2) is 10.9. The maximum absolute atomic E-state index is 12.6. The van der Waals surface area contributed by atoms with Gasteiger partial charge in [-0.05, 0) is 36.8 Å². The molecule has 0 fully saturated rings. The molecule has 0 unspecified atom stereocenters. The van der Waals surface area contributed by atoms with Crippen molar-refractivity contribution in [3.8, 4) is 0 Å². The van der Waals surface area contributed by atoms with E-state index in [0.29, 0.717) is 40.3 Å². The summed E-state index contributed by atoms with van der Waals surface area (Å²) in [5, 5.41) is 8.63. The van der Waals surface area contributed by atoms with E-state index in [0.717, 1.165) is 6.42 Å². The highest BCUT2D eigenvalue weighted by molar-refractivity contribution is 7.99. The van der Waals surface area contributed by atoms with Gasteiger partial charge in [0.15, 0.2) is 0 Å². The largest absolute Gasteiger partial charge is 0.375 e. The SMILES string of the molecule is CCCC(=O)Nc1ccc(Cl)c(NCC(=O)Nc2ccccc2SC(F)F)c1. The summed E-state index contributed by atoms with van der Waals surface area (Å²) in [7, 11) is 0. The summed E-state index contributed by atoms with van der Waals surface area (Å²) in [5.74, 6) is -3.11. The van der Waals surface area contributed by atoms with E-state index in [1.165, 1.54) is 6.07 Å². The fourth-order valence-electron chi connectivity index (χ4n) is 2.33. The first-order chi connectivity index (χ1) is 13.4. The number of carbonyl (C=O) groups excluding carboxylic acids is 2. The van der Waals surface area contributed by atoms with Crippen LogP contribution in [0.5, 0.6) is 0 Å². The van der Waals surface area contributed by atoms with Crippen LogP contribution in [0.1, 0.15) is 19.8 Å². The Morgan fingerprint density at radius 3 is 2.54 bits per heavy atom. The van der Waals surface area contributed by atoms with Crippen molar-refractivity contribution in [2.75, 3.05) is 22.5 Å². The monoisotopic (exact) mass is 427 g/mol. The van der Waals surface area contributed by atoms with E-state index < -0.39 is 11.7 Å². The Morgan fingerprint density at radius 2 is 1.82 bits per heavy atom. The van der Waals surface area contributed by atoms with Gasteiger partial charge in [-0.1, -0.05) is 42.4 Å². The van der Waals surface area contributed by atoms with Gasteiger partial charge in [0.2, 0.25) is 11.8 Å². The van der Waals surface area contributed by atoms with Crippen molar-refractivity contribution in [2.24, 2.45) is 0 Å². The summed E-state index contributed by atoms with van der Waals surface area (Å²) in [6.07, 6.45) is 1.14. The summed E-state index contributed by atoms with van der Waals surface area (Å²) in [5.41, 5.74) is 1.34. The molecule has 2 amide bonds. The molecule has 0 saturated carbocycles. The number of halogens is 3. The summed E-state index contributed by atoms with van der Waals surface area (Å²) >= 11 is 6.49. The molecule has 0 spiro atoms. The smallest absolute Gasteiger partial charge is 0.288 e. The fourth-order valence-corrected chi connectivity index (χ4v) is 3.11. The summed E-state index contributed by atoms with van der Waals surface area (Å²) < 4.78 is 25.2. The van der Waals surface area contributed by atoms with Crippen LogP contribution in [-0.4, -0.2) is 24.1 Å². The van der Waals surface area contributed by atoms with Crippen LogP contribution in [0.3, 0.4) is 0 Å². The van der Waals surface area contributed by atoms with E-state index in [4.69, 9.17) is 11.6 Å². The Bertz CT molecular complexity index is 837. The lowest BCUT2D eigenvalue weighted by molar-refractivity contribution is -0.116. The number of alkyl halides is 2. The van der Waals surface area contributed by atoms with Crippen LogP contribution in [0.4, 0.5) is 25.8 Å². The van der Waals surface area contributed by atoms with Crippen LogP contribution in [0.25, 0.3) is 0 Å². The highest BCUT2D eigenvalue weighted by Gasteiger charge is 2.12. The molecule has 0 atom stereocenters. The molecule has 28 heavy (non-hydrogen) atoms. The van der Waals surface area contributed by atoms with E-state index in [9.17, 15) is 18.4 Å². The van der Waals surface area contributed by atoms with Gasteiger partial charge in [-0.3, -0.25) is 9.59 Å². The molecule has 0 bridgehead atoms. The van der Waals surface area contributed by atoms with Gasteiger partial charge in [-0.15, -0.1) is 0 Å². The zero-order valence-corrected chi connectivity index (χ0v) is 16.7. The Balaban J connectivity index is 1.98. The summed E-state index contributed by atoms with van der Waals surface area (Å²) in [6.45, 7) is 1.78. The molecule has 2 rings (SSSR count). The van der Waals surface area contributed by atoms with Crippen molar-refractivity contribution in [3.05, 3.63) is 47.5 Å². The number of hydrogen-bond acceptors (Lipinski definition) is 4. The van der Waals surface area contributed by atoms with Gasteiger partial charge in [0, 0.05) is 17.0 Å². The van der Waals surface area contributed by atoms with E-state index in [1.54, 1.807) is 36.4 Å². The minimum Gasteiger partial charge on any atom is -0.375 e. The third kappa shape index (κ3) is 7.01. The summed E-state index contributed by atoms with van der Waals surface area (Å²) in [6, 6.07) is 11.2. The number of anilines is 3. The van der Waals surface area contributed by atoms with Gasteiger partial charge < -0.3 is 16.0 Å². The number of thioether (sulfide) groups is 1. The average Bonchev–Trinajstić information content (AvgIpc) is 2.63. The molecule has 2 aromatic rings. The first-order valence-electron chi connectivity index (χ1n) is 8.56. The highest BCUT2D eigenvalue weighted by Crippen LogP contribution is 2.31. The van der Waals surface area contributed by atoms with E-state index >= 15 is 0 Å². The fraction of sp³-hybridized carbons (Fsp3) is 0.263. The van der Waals surface area contributed by atoms with Gasteiger partial charge >= 0.3 is 0 Å². The molecule has 5 nitrogen and oxygen atoms in total. The highest BCUT2D eigenvalue weighted by atomic mass is 35.5. The predicted molar refractivity (Wildman–Crippen MR) is 110 cm³/mol. The third-order valence-electron chi connectivity index (χ3n) is 3.54. The van der Waals surface area contributed by atoms with E-state index in [-0.39, 0.29) is 17.3 Å². The van der Waals surface area contributed by atoms with Gasteiger partial charge in [0.1, 0.15) is 0 Å². The maximum Gasteiger partial charge on any atom is 0.288 e. The van der Waals surface area contributed by atoms with Crippen molar-refractivity contribution in [3.63, 3.8) is 0 Å². The average molecular weight is 428 g/mol. The quantitative estimate of drug-likeness (QED) is 0.466.